The van der Waals surface area contributed by atoms with Gasteiger partial charge in [-0.3, -0.25) is 0 Å². The molecular formula is C50H33N4O+. The van der Waals surface area contributed by atoms with E-state index in [1.165, 1.54) is 10.8 Å². The first-order valence-corrected chi connectivity index (χ1v) is 18.5. The van der Waals surface area contributed by atoms with Gasteiger partial charge in [0.2, 0.25) is 18.3 Å². The summed E-state index contributed by atoms with van der Waals surface area (Å²) in [5.41, 5.74) is 10.3. The average Bonchev–Trinajstić information content (AvgIpc) is 3.85. The normalized spacial score (nSPS) is 11.6. The molecule has 0 aliphatic heterocycles. The van der Waals surface area contributed by atoms with Crippen molar-refractivity contribution in [1.29, 1.82) is 0 Å². The molecule has 8 aromatic carbocycles. The van der Waals surface area contributed by atoms with Crippen LogP contribution in [-0.2, 0) is 0 Å². The first-order valence-electron chi connectivity index (χ1n) is 18.5. The quantitative estimate of drug-likeness (QED) is 0.128. The summed E-state index contributed by atoms with van der Waals surface area (Å²) in [5, 5.41) is 6.83. The molecular weight excluding hydrogens is 673 g/mol. The second kappa shape index (κ2) is 12.6. The number of nitrogens with zero attached hydrogens (tertiary/aromatic N) is 4. The Hall–Kier alpha value is -7.50. The Kier molecular flexibility index (Phi) is 7.10. The minimum Gasteiger partial charge on any atom is -0.435 e. The summed E-state index contributed by atoms with van der Waals surface area (Å²) in [6, 6.07) is 66.3. The highest BCUT2D eigenvalue weighted by Gasteiger charge is 2.23. The zero-order valence-electron chi connectivity index (χ0n) is 29.7. The molecule has 258 valence electrons. The lowest BCUT2D eigenvalue weighted by molar-refractivity contribution is -0.720. The third-order valence-electron chi connectivity index (χ3n) is 10.7. The molecule has 11 aromatic rings. The van der Waals surface area contributed by atoms with Gasteiger partial charge < -0.3 is 9.32 Å². The third-order valence-corrected chi connectivity index (χ3v) is 10.7. The molecule has 5 nitrogen and oxygen atoms in total. The van der Waals surface area contributed by atoms with Gasteiger partial charge in [0.25, 0.3) is 0 Å². The molecule has 0 saturated carbocycles. The first kappa shape index (κ1) is 31.1. The molecule has 0 aliphatic carbocycles. The van der Waals surface area contributed by atoms with Crippen LogP contribution in [0.1, 0.15) is 0 Å². The monoisotopic (exact) mass is 705 g/mol. The van der Waals surface area contributed by atoms with Crippen LogP contribution in [0.15, 0.2) is 205 Å². The minimum atomic E-state index is 0.619. The third kappa shape index (κ3) is 5.09. The average molecular weight is 706 g/mol. The van der Waals surface area contributed by atoms with E-state index >= 15 is 0 Å². The largest absolute Gasteiger partial charge is 0.435 e. The van der Waals surface area contributed by atoms with Crippen LogP contribution in [0, 0.1) is 0 Å². The van der Waals surface area contributed by atoms with Crippen LogP contribution in [0.2, 0.25) is 0 Å². The summed E-state index contributed by atoms with van der Waals surface area (Å²) < 4.78 is 11.1. The lowest BCUT2D eigenvalue weighted by atomic mass is 9.99. The molecule has 0 N–H and O–H groups in total. The SMILES string of the molecule is c1ccc(-c2nc3ccc4ccc5ccc(N(c6ccc[n+](-n7c8ccccc8c8ccccc87)c6)c6ccccc6-c6ccccc6)cc5c4c3o2)cc1. The Balaban J connectivity index is 1.17. The first-order chi connectivity index (χ1) is 27.3. The maximum Gasteiger partial charge on any atom is 0.227 e. The van der Waals surface area contributed by atoms with Gasteiger partial charge in [0.1, 0.15) is 22.2 Å². The number of fused-ring (bicyclic) bond motifs is 8. The van der Waals surface area contributed by atoms with Crippen LogP contribution in [0.3, 0.4) is 0 Å². The van der Waals surface area contributed by atoms with Gasteiger partial charge in [-0.15, -0.1) is 4.68 Å². The fourth-order valence-corrected chi connectivity index (χ4v) is 8.17. The molecule has 55 heavy (non-hydrogen) atoms. The standard InChI is InChI=1S/C50H33N4O/c1-3-14-34(15-4-1)40-19-7-10-22-45(40)53(39-18-13-31-52(33-39)54-46-23-11-8-20-41(46)42-21-9-12-24-47(42)54)38-29-27-35-25-26-36-28-30-44-49(48(36)43(35)32-38)55-50(51-44)37-16-5-2-6-17-37/h1-33H/q+1. The molecule has 0 spiro atoms. The number of hydrogen-bond acceptors (Lipinski definition) is 3. The van der Waals surface area contributed by atoms with Gasteiger partial charge in [0, 0.05) is 39.0 Å². The molecule has 0 aliphatic rings. The van der Waals surface area contributed by atoms with E-state index in [0.717, 1.165) is 77.4 Å². The van der Waals surface area contributed by atoms with E-state index in [-0.39, 0.29) is 0 Å². The number of hydrogen-bond donors (Lipinski definition) is 0. The van der Waals surface area contributed by atoms with Crippen LogP contribution >= 0.6 is 0 Å². The number of oxazole rings is 1. The lowest BCUT2D eigenvalue weighted by Crippen LogP contribution is -2.41. The van der Waals surface area contributed by atoms with Crippen LogP contribution in [0.25, 0.3) is 77.0 Å². The van der Waals surface area contributed by atoms with Crippen molar-refractivity contribution in [2.45, 2.75) is 0 Å². The maximum absolute atomic E-state index is 6.62. The number of anilines is 3. The molecule has 3 aromatic heterocycles. The zero-order chi connectivity index (χ0) is 36.3. The molecule has 0 unspecified atom stereocenters. The van der Waals surface area contributed by atoms with E-state index in [2.05, 4.69) is 184 Å². The van der Waals surface area contributed by atoms with Gasteiger partial charge in [0.15, 0.2) is 5.58 Å². The Bertz CT molecular complexity index is 3170. The zero-order valence-corrected chi connectivity index (χ0v) is 29.7. The number of pyridine rings is 1. The molecule has 0 radical (unpaired) electrons. The highest BCUT2D eigenvalue weighted by molar-refractivity contribution is 6.18. The van der Waals surface area contributed by atoms with Gasteiger partial charge in [-0.05, 0) is 76.3 Å². The highest BCUT2D eigenvalue weighted by atomic mass is 16.3. The Morgan fingerprint density at radius 1 is 0.509 bits per heavy atom. The van der Waals surface area contributed by atoms with Gasteiger partial charge in [-0.25, -0.2) is 4.98 Å². The van der Waals surface area contributed by atoms with E-state index < -0.39 is 0 Å². The smallest absolute Gasteiger partial charge is 0.227 e. The molecule has 0 saturated heterocycles. The van der Waals surface area contributed by atoms with E-state index in [0.29, 0.717) is 5.89 Å². The predicted octanol–water partition coefficient (Wildman–Crippen LogP) is 12.6. The van der Waals surface area contributed by atoms with Crippen LogP contribution < -0.4 is 9.58 Å². The highest BCUT2D eigenvalue weighted by Crippen LogP contribution is 2.43. The van der Waals surface area contributed by atoms with Crippen molar-refractivity contribution in [2.24, 2.45) is 0 Å². The van der Waals surface area contributed by atoms with E-state index in [1.54, 1.807) is 0 Å². The number of para-hydroxylation sites is 3. The molecule has 0 fully saturated rings. The fourth-order valence-electron chi connectivity index (χ4n) is 8.17. The molecule has 0 atom stereocenters. The van der Waals surface area contributed by atoms with E-state index in [4.69, 9.17) is 9.40 Å². The number of rotatable bonds is 6. The van der Waals surface area contributed by atoms with E-state index in [9.17, 15) is 0 Å². The molecule has 5 heteroatoms. The minimum absolute atomic E-state index is 0.619. The summed E-state index contributed by atoms with van der Waals surface area (Å²) in [5.74, 6) is 0.619. The molecule has 0 amide bonds. The predicted molar refractivity (Wildman–Crippen MR) is 225 cm³/mol. The van der Waals surface area contributed by atoms with Crippen LogP contribution in [0.5, 0.6) is 0 Å². The second-order valence-corrected chi connectivity index (χ2v) is 13.9. The summed E-state index contributed by atoms with van der Waals surface area (Å²) in [4.78, 5) is 7.31. The van der Waals surface area contributed by atoms with Gasteiger partial charge in [0.05, 0.1) is 5.69 Å². The van der Waals surface area contributed by atoms with Crippen molar-refractivity contribution in [1.82, 2.24) is 9.66 Å². The summed E-state index contributed by atoms with van der Waals surface area (Å²) in [6.45, 7) is 0. The Morgan fingerprint density at radius 3 is 1.93 bits per heavy atom. The van der Waals surface area contributed by atoms with Crippen molar-refractivity contribution in [3.63, 3.8) is 0 Å². The molecule has 3 heterocycles. The molecule has 11 rings (SSSR count). The Labute approximate surface area is 317 Å². The van der Waals surface area contributed by atoms with Crippen molar-refractivity contribution >= 4 is 71.5 Å². The second-order valence-electron chi connectivity index (χ2n) is 13.9. The lowest BCUT2D eigenvalue weighted by Gasteiger charge is -2.27. The van der Waals surface area contributed by atoms with Gasteiger partial charge >= 0.3 is 0 Å². The molecule has 0 bridgehead atoms. The van der Waals surface area contributed by atoms with Crippen molar-refractivity contribution in [3.05, 3.63) is 200 Å². The number of benzene rings is 8. The van der Waals surface area contributed by atoms with Crippen molar-refractivity contribution < 1.29 is 9.09 Å². The van der Waals surface area contributed by atoms with Gasteiger partial charge in [-0.1, -0.05) is 132 Å². The fraction of sp³-hybridized carbons (Fsp3) is 0. The van der Waals surface area contributed by atoms with E-state index in [1.807, 2.05) is 30.3 Å². The van der Waals surface area contributed by atoms with Crippen LogP contribution in [-0.4, -0.2) is 9.66 Å². The number of aromatic nitrogens is 3. The summed E-state index contributed by atoms with van der Waals surface area (Å²) in [6.07, 6.45) is 4.36. The van der Waals surface area contributed by atoms with Crippen molar-refractivity contribution in [3.8, 4) is 22.6 Å². The van der Waals surface area contributed by atoms with Gasteiger partial charge in [-0.2, -0.15) is 0 Å². The summed E-state index contributed by atoms with van der Waals surface area (Å²) >= 11 is 0. The van der Waals surface area contributed by atoms with Crippen LogP contribution in [0.4, 0.5) is 17.1 Å². The summed E-state index contributed by atoms with van der Waals surface area (Å²) in [7, 11) is 0. The topological polar surface area (TPSA) is 38.1 Å². The Morgan fingerprint density at radius 2 is 1.15 bits per heavy atom. The maximum atomic E-state index is 6.62. The van der Waals surface area contributed by atoms with Crippen molar-refractivity contribution in [2.75, 3.05) is 4.90 Å².